The fourth-order valence-corrected chi connectivity index (χ4v) is 4.83. The van der Waals surface area contributed by atoms with Crippen LogP contribution >= 0.6 is 0 Å². The summed E-state index contributed by atoms with van der Waals surface area (Å²) in [6, 6.07) is 6.34. The molecule has 1 fully saturated rings. The van der Waals surface area contributed by atoms with Gasteiger partial charge in [-0.1, -0.05) is 0 Å². The van der Waals surface area contributed by atoms with Crippen LogP contribution in [0, 0.1) is 13.8 Å². The summed E-state index contributed by atoms with van der Waals surface area (Å²) >= 11 is 0. The van der Waals surface area contributed by atoms with Gasteiger partial charge >= 0.3 is 0 Å². The second-order valence-electron chi connectivity index (χ2n) is 6.91. The number of ether oxygens (including phenoxy) is 1. The zero-order valence-corrected chi connectivity index (χ0v) is 17.5. The van der Waals surface area contributed by atoms with Gasteiger partial charge in [0.2, 0.25) is 15.9 Å². The molecule has 1 aromatic heterocycles. The monoisotopic (exact) mass is 406 g/mol. The summed E-state index contributed by atoms with van der Waals surface area (Å²) in [7, 11) is -0.182. The lowest BCUT2D eigenvalue weighted by atomic mass is 10.1. The maximum Gasteiger partial charge on any atom is 0.243 e. The number of carbonyl (C=O) groups excluding carboxylic acids is 1. The van der Waals surface area contributed by atoms with Crippen molar-refractivity contribution in [2.75, 3.05) is 33.3 Å². The number of aromatic nitrogens is 2. The fraction of sp³-hybridized carbons (Fsp3) is 0.474. The Morgan fingerprint density at radius 3 is 2.21 bits per heavy atom. The molecule has 9 heteroatoms. The number of methoxy groups -OCH3 is 1. The molecule has 1 aromatic carbocycles. The lowest BCUT2D eigenvalue weighted by molar-refractivity contribution is -0.131. The maximum absolute atomic E-state index is 12.8. The molecular weight excluding hydrogens is 380 g/mol. The highest BCUT2D eigenvalue weighted by Gasteiger charge is 2.30. The van der Waals surface area contributed by atoms with Crippen LogP contribution in [0.4, 0.5) is 0 Å². The minimum atomic E-state index is -3.58. The molecule has 1 amide bonds. The summed E-state index contributed by atoms with van der Waals surface area (Å²) in [6.07, 6.45) is 0.288. The third-order valence-corrected chi connectivity index (χ3v) is 7.19. The van der Waals surface area contributed by atoms with E-state index in [1.54, 1.807) is 33.8 Å². The molecule has 1 saturated heterocycles. The van der Waals surface area contributed by atoms with E-state index in [9.17, 15) is 13.2 Å². The first-order valence-electron chi connectivity index (χ1n) is 9.15. The lowest BCUT2D eigenvalue weighted by Gasteiger charge is -2.34. The number of benzene rings is 1. The predicted molar refractivity (Wildman–Crippen MR) is 105 cm³/mol. The number of hydrogen-bond donors (Lipinski definition) is 0. The Kier molecular flexibility index (Phi) is 5.76. The summed E-state index contributed by atoms with van der Waals surface area (Å²) in [6.45, 7) is 5.17. The van der Waals surface area contributed by atoms with E-state index in [2.05, 4.69) is 5.10 Å². The Bertz CT molecular complexity index is 959. The molecule has 2 heterocycles. The van der Waals surface area contributed by atoms with Gasteiger partial charge in [-0.15, -0.1) is 0 Å². The molecule has 0 N–H and O–H groups in total. The smallest absolute Gasteiger partial charge is 0.243 e. The second kappa shape index (κ2) is 7.92. The van der Waals surface area contributed by atoms with Gasteiger partial charge in [0.05, 0.1) is 24.1 Å². The van der Waals surface area contributed by atoms with Crippen molar-refractivity contribution in [1.82, 2.24) is 19.0 Å². The molecule has 152 valence electrons. The highest BCUT2D eigenvalue weighted by molar-refractivity contribution is 7.89. The number of hydrogen-bond acceptors (Lipinski definition) is 5. The Morgan fingerprint density at radius 2 is 1.71 bits per heavy atom. The zero-order chi connectivity index (χ0) is 20.5. The normalized spacial score (nSPS) is 15.6. The van der Waals surface area contributed by atoms with Gasteiger partial charge in [0.1, 0.15) is 5.75 Å². The van der Waals surface area contributed by atoms with Crippen LogP contribution in [0.1, 0.15) is 17.0 Å². The van der Waals surface area contributed by atoms with E-state index in [1.807, 2.05) is 20.9 Å². The first kappa shape index (κ1) is 20.3. The van der Waals surface area contributed by atoms with Crippen molar-refractivity contribution < 1.29 is 17.9 Å². The van der Waals surface area contributed by atoms with Gasteiger partial charge < -0.3 is 9.64 Å². The molecule has 0 unspecified atom stereocenters. The average molecular weight is 407 g/mol. The molecule has 1 aliphatic rings. The first-order chi connectivity index (χ1) is 13.2. The second-order valence-corrected chi connectivity index (χ2v) is 8.85. The van der Waals surface area contributed by atoms with Crippen LogP contribution < -0.4 is 4.74 Å². The van der Waals surface area contributed by atoms with Crippen LogP contribution in [0.2, 0.25) is 0 Å². The van der Waals surface area contributed by atoms with Crippen molar-refractivity contribution >= 4 is 15.9 Å². The van der Waals surface area contributed by atoms with Gasteiger partial charge in [-0.25, -0.2) is 8.42 Å². The molecule has 8 nitrogen and oxygen atoms in total. The van der Waals surface area contributed by atoms with Gasteiger partial charge in [-0.3, -0.25) is 9.48 Å². The van der Waals surface area contributed by atoms with Crippen molar-refractivity contribution in [3.05, 3.63) is 41.2 Å². The lowest BCUT2D eigenvalue weighted by Crippen LogP contribution is -2.50. The van der Waals surface area contributed by atoms with E-state index in [1.165, 1.54) is 11.4 Å². The zero-order valence-electron chi connectivity index (χ0n) is 16.7. The van der Waals surface area contributed by atoms with E-state index in [-0.39, 0.29) is 30.3 Å². The largest absolute Gasteiger partial charge is 0.497 e. The highest BCUT2D eigenvalue weighted by atomic mass is 32.2. The molecule has 0 aliphatic carbocycles. The van der Waals surface area contributed by atoms with Crippen LogP contribution in [-0.2, 0) is 28.3 Å². The number of sulfonamides is 1. The first-order valence-corrected chi connectivity index (χ1v) is 10.6. The maximum atomic E-state index is 12.8. The standard InChI is InChI=1S/C19H26N4O4S/c1-14-18(15(2)21(3)20-14)13-19(24)22-9-11-23(12-10-22)28(25,26)17-7-5-16(27-4)6-8-17/h5-8H,9-13H2,1-4H3. The highest BCUT2D eigenvalue weighted by Crippen LogP contribution is 2.21. The number of amides is 1. The molecular formula is C19H26N4O4S. The fourth-order valence-electron chi connectivity index (χ4n) is 3.41. The molecule has 2 aromatic rings. The van der Waals surface area contributed by atoms with Gasteiger partial charge in [-0.05, 0) is 38.1 Å². The Labute approximate surface area is 165 Å². The van der Waals surface area contributed by atoms with Gasteiger partial charge in [0.15, 0.2) is 0 Å². The van der Waals surface area contributed by atoms with Crippen LogP contribution in [0.5, 0.6) is 5.75 Å². The van der Waals surface area contributed by atoms with Gasteiger partial charge in [0, 0.05) is 44.5 Å². The van der Waals surface area contributed by atoms with E-state index >= 15 is 0 Å². The summed E-state index contributed by atoms with van der Waals surface area (Å²) in [5.74, 6) is 0.607. The van der Waals surface area contributed by atoms with Crippen LogP contribution in [-0.4, -0.2) is 66.6 Å². The SMILES string of the molecule is COc1ccc(S(=O)(=O)N2CCN(C(=O)Cc3c(C)nn(C)c3C)CC2)cc1. The molecule has 0 saturated carbocycles. The molecule has 28 heavy (non-hydrogen) atoms. The van der Waals surface area contributed by atoms with Gasteiger partial charge in [0.25, 0.3) is 0 Å². The van der Waals surface area contributed by atoms with Crippen molar-refractivity contribution in [3.63, 3.8) is 0 Å². The van der Waals surface area contributed by atoms with E-state index in [4.69, 9.17) is 4.74 Å². The Morgan fingerprint density at radius 1 is 1.11 bits per heavy atom. The predicted octanol–water partition coefficient (Wildman–Crippen LogP) is 1.12. The van der Waals surface area contributed by atoms with Crippen molar-refractivity contribution in [2.45, 2.75) is 25.2 Å². The van der Waals surface area contributed by atoms with Crippen molar-refractivity contribution in [3.8, 4) is 5.75 Å². The van der Waals surface area contributed by atoms with E-state index in [0.29, 0.717) is 18.8 Å². The summed E-state index contributed by atoms with van der Waals surface area (Å²) in [5, 5.41) is 4.35. The third-order valence-electron chi connectivity index (χ3n) is 5.28. The summed E-state index contributed by atoms with van der Waals surface area (Å²) < 4.78 is 33.9. The molecule has 0 bridgehead atoms. The number of nitrogens with zero attached hydrogens (tertiary/aromatic N) is 4. The molecule has 3 rings (SSSR count). The third kappa shape index (κ3) is 3.90. The van der Waals surface area contributed by atoms with E-state index in [0.717, 1.165) is 17.0 Å². The van der Waals surface area contributed by atoms with Gasteiger partial charge in [-0.2, -0.15) is 9.40 Å². The van der Waals surface area contributed by atoms with Crippen molar-refractivity contribution in [2.24, 2.45) is 7.05 Å². The average Bonchev–Trinajstić information content (AvgIpc) is 2.94. The molecule has 0 atom stereocenters. The van der Waals surface area contributed by atoms with Crippen LogP contribution in [0.25, 0.3) is 0 Å². The van der Waals surface area contributed by atoms with E-state index < -0.39 is 10.0 Å². The minimum absolute atomic E-state index is 0.000644. The number of aryl methyl sites for hydroxylation is 2. The quantitative estimate of drug-likeness (QED) is 0.743. The number of carbonyl (C=O) groups is 1. The minimum Gasteiger partial charge on any atom is -0.497 e. The summed E-state index contributed by atoms with van der Waals surface area (Å²) in [5.41, 5.74) is 2.78. The molecule has 0 radical (unpaired) electrons. The molecule has 1 aliphatic heterocycles. The Balaban J connectivity index is 1.64. The van der Waals surface area contributed by atoms with Crippen LogP contribution in [0.15, 0.2) is 29.2 Å². The number of piperazine rings is 1. The van der Waals surface area contributed by atoms with Crippen LogP contribution in [0.3, 0.4) is 0 Å². The topological polar surface area (TPSA) is 84.7 Å². The van der Waals surface area contributed by atoms with Crippen molar-refractivity contribution in [1.29, 1.82) is 0 Å². The molecule has 0 spiro atoms. The number of rotatable bonds is 5. The Hall–Kier alpha value is -2.39. The summed E-state index contributed by atoms with van der Waals surface area (Å²) in [4.78, 5) is 14.6.